The van der Waals surface area contributed by atoms with Gasteiger partial charge in [-0.3, -0.25) is 0 Å². The van der Waals surface area contributed by atoms with Gasteiger partial charge in [0.05, 0.1) is 5.60 Å². The van der Waals surface area contributed by atoms with Crippen molar-refractivity contribution in [3.05, 3.63) is 35.9 Å². The van der Waals surface area contributed by atoms with Crippen molar-refractivity contribution < 1.29 is 5.11 Å². The van der Waals surface area contributed by atoms with E-state index >= 15 is 0 Å². The molecule has 1 atom stereocenters. The zero-order valence-electron chi connectivity index (χ0n) is 11.7. The lowest BCUT2D eigenvalue weighted by Gasteiger charge is -2.38. The Morgan fingerprint density at radius 1 is 1.11 bits per heavy atom. The highest BCUT2D eigenvalue weighted by molar-refractivity contribution is 5.17. The van der Waals surface area contributed by atoms with Gasteiger partial charge in [0.25, 0.3) is 0 Å². The van der Waals surface area contributed by atoms with E-state index in [0.717, 1.165) is 12.3 Å². The number of benzene rings is 1. The van der Waals surface area contributed by atoms with Gasteiger partial charge in [0.1, 0.15) is 0 Å². The van der Waals surface area contributed by atoms with Crippen LogP contribution in [-0.2, 0) is 6.42 Å². The summed E-state index contributed by atoms with van der Waals surface area (Å²) >= 11 is 0. The molecular weight excluding hydrogens is 220 g/mol. The number of aliphatic hydroxyl groups is 1. The predicted octanol–water partition coefficient (Wildman–Crippen LogP) is 4.20. The van der Waals surface area contributed by atoms with Gasteiger partial charge in [-0.2, -0.15) is 0 Å². The van der Waals surface area contributed by atoms with Crippen LogP contribution in [0.3, 0.4) is 0 Å². The highest BCUT2D eigenvalue weighted by Crippen LogP contribution is 2.38. The molecule has 1 aliphatic rings. The average Bonchev–Trinajstić information content (AvgIpc) is 2.39. The molecule has 1 fully saturated rings. The molecule has 100 valence electrons. The molecule has 1 saturated carbocycles. The average molecular weight is 246 g/mol. The van der Waals surface area contributed by atoms with Gasteiger partial charge in [0.15, 0.2) is 0 Å². The zero-order valence-corrected chi connectivity index (χ0v) is 11.7. The quantitative estimate of drug-likeness (QED) is 0.844. The van der Waals surface area contributed by atoms with Crippen LogP contribution in [0.25, 0.3) is 0 Å². The standard InChI is InChI=1S/C17H26O/c1-3-14-9-11-16(12-10-14)17(2,18)13-15-7-5-4-6-8-15/h4-8,14,16,18H,3,9-13H2,1-2H3. The number of hydrogen-bond acceptors (Lipinski definition) is 1. The molecule has 1 N–H and O–H groups in total. The Morgan fingerprint density at radius 3 is 2.28 bits per heavy atom. The van der Waals surface area contributed by atoms with Gasteiger partial charge in [0, 0.05) is 6.42 Å². The summed E-state index contributed by atoms with van der Waals surface area (Å²) in [6.07, 6.45) is 7.07. The maximum atomic E-state index is 10.8. The highest BCUT2D eigenvalue weighted by Gasteiger charge is 2.34. The maximum Gasteiger partial charge on any atom is 0.0687 e. The van der Waals surface area contributed by atoms with Gasteiger partial charge in [-0.05, 0) is 37.2 Å². The lowest BCUT2D eigenvalue weighted by atomic mass is 9.71. The molecule has 0 heterocycles. The third-order valence-electron chi connectivity index (χ3n) is 4.71. The second kappa shape index (κ2) is 5.88. The second-order valence-electron chi connectivity index (χ2n) is 6.15. The third kappa shape index (κ3) is 3.35. The maximum absolute atomic E-state index is 10.8. The van der Waals surface area contributed by atoms with Gasteiger partial charge >= 0.3 is 0 Å². The lowest BCUT2D eigenvalue weighted by molar-refractivity contribution is -0.0220. The van der Waals surface area contributed by atoms with Crippen LogP contribution in [-0.4, -0.2) is 10.7 Å². The second-order valence-corrected chi connectivity index (χ2v) is 6.15. The summed E-state index contributed by atoms with van der Waals surface area (Å²) in [7, 11) is 0. The first-order valence-corrected chi connectivity index (χ1v) is 7.38. The van der Waals surface area contributed by atoms with Gasteiger partial charge in [-0.1, -0.05) is 56.5 Å². The predicted molar refractivity (Wildman–Crippen MR) is 76.5 cm³/mol. The van der Waals surface area contributed by atoms with E-state index in [-0.39, 0.29) is 0 Å². The largest absolute Gasteiger partial charge is 0.390 e. The van der Waals surface area contributed by atoms with Gasteiger partial charge < -0.3 is 5.11 Å². The van der Waals surface area contributed by atoms with E-state index in [9.17, 15) is 5.11 Å². The lowest BCUT2D eigenvalue weighted by Crippen LogP contribution is -2.39. The van der Waals surface area contributed by atoms with Crippen LogP contribution in [0.15, 0.2) is 30.3 Å². The van der Waals surface area contributed by atoms with Crippen molar-refractivity contribution in [3.63, 3.8) is 0 Å². The summed E-state index contributed by atoms with van der Waals surface area (Å²) in [5.74, 6) is 1.37. The molecule has 1 aromatic carbocycles. The Hall–Kier alpha value is -0.820. The van der Waals surface area contributed by atoms with E-state index in [0.29, 0.717) is 5.92 Å². The molecule has 0 spiro atoms. The van der Waals surface area contributed by atoms with Gasteiger partial charge in [0.2, 0.25) is 0 Å². The molecule has 0 aromatic heterocycles. The normalized spacial score (nSPS) is 27.7. The highest BCUT2D eigenvalue weighted by atomic mass is 16.3. The molecule has 2 rings (SSSR count). The Bertz CT molecular complexity index is 347. The van der Waals surface area contributed by atoms with Gasteiger partial charge in [-0.15, -0.1) is 0 Å². The van der Waals surface area contributed by atoms with E-state index in [4.69, 9.17) is 0 Å². The molecule has 0 radical (unpaired) electrons. The van der Waals surface area contributed by atoms with Crippen LogP contribution in [0.1, 0.15) is 51.5 Å². The minimum Gasteiger partial charge on any atom is -0.390 e. The van der Waals surface area contributed by atoms with E-state index in [1.54, 1.807) is 0 Å². The topological polar surface area (TPSA) is 20.2 Å². The zero-order chi connectivity index (χ0) is 13.0. The molecule has 0 bridgehead atoms. The third-order valence-corrected chi connectivity index (χ3v) is 4.71. The van der Waals surface area contributed by atoms with E-state index < -0.39 is 5.60 Å². The molecule has 1 aliphatic carbocycles. The summed E-state index contributed by atoms with van der Waals surface area (Å²) in [6.45, 7) is 4.31. The molecule has 1 nitrogen and oxygen atoms in total. The fourth-order valence-corrected chi connectivity index (χ4v) is 3.35. The fourth-order valence-electron chi connectivity index (χ4n) is 3.35. The van der Waals surface area contributed by atoms with Crippen molar-refractivity contribution >= 4 is 0 Å². The van der Waals surface area contributed by atoms with Crippen molar-refractivity contribution in [1.29, 1.82) is 0 Å². The van der Waals surface area contributed by atoms with Gasteiger partial charge in [-0.25, -0.2) is 0 Å². The van der Waals surface area contributed by atoms with Crippen molar-refractivity contribution in [1.82, 2.24) is 0 Å². The summed E-state index contributed by atoms with van der Waals surface area (Å²) in [5.41, 5.74) is 0.709. The summed E-state index contributed by atoms with van der Waals surface area (Å²) in [6, 6.07) is 10.4. The SMILES string of the molecule is CCC1CCC(C(C)(O)Cc2ccccc2)CC1. The molecule has 0 aliphatic heterocycles. The molecule has 0 saturated heterocycles. The molecule has 18 heavy (non-hydrogen) atoms. The Kier molecular flexibility index (Phi) is 4.45. The number of hydrogen-bond donors (Lipinski definition) is 1. The monoisotopic (exact) mass is 246 g/mol. The fraction of sp³-hybridized carbons (Fsp3) is 0.647. The first kappa shape index (κ1) is 13.6. The van der Waals surface area contributed by atoms with Crippen LogP contribution < -0.4 is 0 Å². The molecule has 0 amide bonds. The van der Waals surface area contributed by atoms with Crippen molar-refractivity contribution in [2.24, 2.45) is 11.8 Å². The summed E-state index contributed by atoms with van der Waals surface area (Å²) in [5, 5.41) is 10.8. The minimum absolute atomic E-state index is 0.473. The Morgan fingerprint density at radius 2 is 1.72 bits per heavy atom. The molecule has 1 unspecified atom stereocenters. The molecule has 1 aromatic rings. The molecular formula is C17H26O. The van der Waals surface area contributed by atoms with Crippen LogP contribution in [0.4, 0.5) is 0 Å². The van der Waals surface area contributed by atoms with Crippen molar-refractivity contribution in [2.75, 3.05) is 0 Å². The van der Waals surface area contributed by atoms with E-state index in [2.05, 4.69) is 31.2 Å². The van der Waals surface area contributed by atoms with Crippen LogP contribution >= 0.6 is 0 Å². The van der Waals surface area contributed by atoms with Crippen molar-refractivity contribution in [3.8, 4) is 0 Å². The van der Waals surface area contributed by atoms with E-state index in [1.165, 1.54) is 37.7 Å². The Labute approximate surface area is 111 Å². The van der Waals surface area contributed by atoms with Crippen LogP contribution in [0, 0.1) is 11.8 Å². The summed E-state index contributed by atoms with van der Waals surface area (Å²) < 4.78 is 0. The van der Waals surface area contributed by atoms with Crippen molar-refractivity contribution in [2.45, 2.75) is 58.0 Å². The first-order chi connectivity index (χ1) is 8.62. The van der Waals surface area contributed by atoms with E-state index in [1.807, 2.05) is 13.0 Å². The number of rotatable bonds is 4. The summed E-state index contributed by atoms with van der Waals surface area (Å²) in [4.78, 5) is 0. The smallest absolute Gasteiger partial charge is 0.0687 e. The van der Waals surface area contributed by atoms with Crippen LogP contribution in [0.2, 0.25) is 0 Å². The molecule has 1 heteroatoms. The van der Waals surface area contributed by atoms with Crippen LogP contribution in [0.5, 0.6) is 0 Å². The Balaban J connectivity index is 1.95. The minimum atomic E-state index is -0.542. The first-order valence-electron chi connectivity index (χ1n) is 7.38.